The second kappa shape index (κ2) is 7.14. The molecule has 2 aromatic rings. The lowest BCUT2D eigenvalue weighted by molar-refractivity contribution is 0.116. The zero-order valence-corrected chi connectivity index (χ0v) is 14.7. The van der Waals surface area contributed by atoms with Crippen LogP contribution in [0, 0.1) is 11.3 Å². The summed E-state index contributed by atoms with van der Waals surface area (Å²) in [6, 6.07) is 11.6. The van der Waals surface area contributed by atoms with Crippen LogP contribution < -0.4 is 14.4 Å². The number of ether oxygens (including phenoxy) is 1. The minimum atomic E-state index is -4.08. The number of anilines is 2. The topological polar surface area (TPSA) is 140 Å². The molecule has 0 radical (unpaired) electrons. The van der Waals surface area contributed by atoms with Crippen molar-refractivity contribution in [1.82, 2.24) is 0 Å². The van der Waals surface area contributed by atoms with E-state index in [0.717, 1.165) is 4.31 Å². The SMILES string of the molecule is N#Cc1cccc(S(=O)(=O)N2CC(CO)Oc3ccc(NC(=O)O)cc32)c1. The van der Waals surface area contributed by atoms with Crippen LogP contribution in [0.3, 0.4) is 0 Å². The van der Waals surface area contributed by atoms with Crippen LogP contribution in [0.1, 0.15) is 5.56 Å². The van der Waals surface area contributed by atoms with Crippen molar-refractivity contribution in [3.05, 3.63) is 48.0 Å². The number of sulfonamides is 1. The Labute approximate surface area is 155 Å². The molecule has 1 heterocycles. The summed E-state index contributed by atoms with van der Waals surface area (Å²) in [7, 11) is -4.08. The van der Waals surface area contributed by atoms with Gasteiger partial charge >= 0.3 is 6.09 Å². The Balaban J connectivity index is 2.11. The lowest BCUT2D eigenvalue weighted by atomic mass is 10.2. The maximum atomic E-state index is 13.2. The van der Waals surface area contributed by atoms with Crippen molar-refractivity contribution in [2.45, 2.75) is 11.0 Å². The van der Waals surface area contributed by atoms with E-state index in [4.69, 9.17) is 15.1 Å². The molecule has 2 aromatic carbocycles. The molecule has 10 heteroatoms. The van der Waals surface area contributed by atoms with Gasteiger partial charge in [-0.25, -0.2) is 13.2 Å². The lowest BCUT2D eigenvalue weighted by Crippen LogP contribution is -2.45. The Morgan fingerprint density at radius 1 is 1.33 bits per heavy atom. The third kappa shape index (κ3) is 3.64. The number of benzene rings is 2. The molecule has 9 nitrogen and oxygen atoms in total. The standard InChI is InChI=1S/C17H15N3O6S/c18-8-11-2-1-3-14(6-11)27(24,25)20-9-13(10-21)26-16-5-4-12(7-15(16)20)19-17(22)23/h1-7,13,19,21H,9-10H2,(H,22,23). The summed E-state index contributed by atoms with van der Waals surface area (Å²) in [5.74, 6) is 0.191. The van der Waals surface area contributed by atoms with Gasteiger partial charge in [0, 0.05) is 5.69 Å². The van der Waals surface area contributed by atoms with E-state index in [1.807, 2.05) is 6.07 Å². The quantitative estimate of drug-likeness (QED) is 0.721. The maximum Gasteiger partial charge on any atom is 0.409 e. The molecule has 0 fully saturated rings. The number of nitriles is 1. The third-order valence-corrected chi connectivity index (χ3v) is 5.67. The molecule has 27 heavy (non-hydrogen) atoms. The van der Waals surface area contributed by atoms with Gasteiger partial charge < -0.3 is 14.9 Å². The molecule has 3 rings (SSSR count). The number of rotatable bonds is 4. The fraction of sp³-hybridized carbons (Fsp3) is 0.176. The van der Waals surface area contributed by atoms with Gasteiger partial charge in [0.1, 0.15) is 11.9 Å². The Bertz CT molecular complexity index is 1030. The number of hydrogen-bond acceptors (Lipinski definition) is 6. The van der Waals surface area contributed by atoms with E-state index in [9.17, 15) is 18.3 Å². The van der Waals surface area contributed by atoms with Crippen LogP contribution in [0.15, 0.2) is 47.4 Å². The molecule has 1 aliphatic rings. The summed E-state index contributed by atoms with van der Waals surface area (Å²) < 4.78 is 32.9. The van der Waals surface area contributed by atoms with E-state index >= 15 is 0 Å². The predicted molar refractivity (Wildman–Crippen MR) is 95.3 cm³/mol. The van der Waals surface area contributed by atoms with Crippen LogP contribution in [0.2, 0.25) is 0 Å². The highest BCUT2D eigenvalue weighted by Gasteiger charge is 2.34. The first-order valence-corrected chi connectivity index (χ1v) is 9.23. The molecule has 0 saturated heterocycles. The molecule has 140 valence electrons. The van der Waals surface area contributed by atoms with Crippen molar-refractivity contribution in [2.24, 2.45) is 0 Å². The van der Waals surface area contributed by atoms with Crippen molar-refractivity contribution in [1.29, 1.82) is 5.26 Å². The van der Waals surface area contributed by atoms with Crippen LogP contribution in [0.5, 0.6) is 5.75 Å². The number of hydrogen-bond donors (Lipinski definition) is 3. The highest BCUT2D eigenvalue weighted by molar-refractivity contribution is 7.92. The highest BCUT2D eigenvalue weighted by atomic mass is 32.2. The fourth-order valence-electron chi connectivity index (χ4n) is 2.69. The zero-order chi connectivity index (χ0) is 19.6. The molecule has 1 unspecified atom stereocenters. The van der Waals surface area contributed by atoms with E-state index in [2.05, 4.69) is 5.32 Å². The summed E-state index contributed by atoms with van der Waals surface area (Å²) >= 11 is 0. The number of carboxylic acid groups (broad SMARTS) is 1. The summed E-state index contributed by atoms with van der Waals surface area (Å²) in [5.41, 5.74) is 0.483. The summed E-state index contributed by atoms with van der Waals surface area (Å²) in [6.07, 6.45) is -2.08. The maximum absolute atomic E-state index is 13.2. The summed E-state index contributed by atoms with van der Waals surface area (Å²) in [6.45, 7) is -0.571. The molecular weight excluding hydrogens is 374 g/mol. The van der Waals surface area contributed by atoms with Gasteiger partial charge in [0.05, 0.1) is 35.4 Å². The van der Waals surface area contributed by atoms with E-state index in [0.29, 0.717) is 0 Å². The number of fused-ring (bicyclic) bond motifs is 1. The van der Waals surface area contributed by atoms with Gasteiger partial charge in [-0.1, -0.05) is 6.07 Å². The molecule has 3 N–H and O–H groups in total. The molecule has 1 aliphatic heterocycles. The average molecular weight is 389 g/mol. The number of amides is 1. The van der Waals surface area contributed by atoms with Gasteiger partial charge in [0.25, 0.3) is 10.0 Å². The highest BCUT2D eigenvalue weighted by Crippen LogP contribution is 2.39. The van der Waals surface area contributed by atoms with Crippen LogP contribution in [-0.4, -0.2) is 44.0 Å². The van der Waals surface area contributed by atoms with Crippen LogP contribution >= 0.6 is 0 Å². The molecule has 0 bridgehead atoms. The molecule has 1 atom stereocenters. The van der Waals surface area contributed by atoms with Crippen molar-refractivity contribution in [3.63, 3.8) is 0 Å². The molecule has 1 amide bonds. The monoisotopic (exact) mass is 389 g/mol. The van der Waals surface area contributed by atoms with Gasteiger partial charge in [0.15, 0.2) is 0 Å². The smallest absolute Gasteiger partial charge is 0.409 e. The van der Waals surface area contributed by atoms with Gasteiger partial charge in [-0.2, -0.15) is 5.26 Å². The van der Waals surface area contributed by atoms with Gasteiger partial charge in [-0.15, -0.1) is 0 Å². The Hall–Kier alpha value is -3.29. The van der Waals surface area contributed by atoms with Gasteiger partial charge in [0.2, 0.25) is 0 Å². The third-order valence-electron chi connectivity index (χ3n) is 3.90. The van der Waals surface area contributed by atoms with Crippen molar-refractivity contribution in [3.8, 4) is 11.8 Å². The second-order valence-corrected chi connectivity index (χ2v) is 7.57. The van der Waals surface area contributed by atoms with E-state index in [1.165, 1.54) is 42.5 Å². The number of aliphatic hydroxyl groups excluding tert-OH is 1. The first-order chi connectivity index (χ1) is 12.8. The lowest BCUT2D eigenvalue weighted by Gasteiger charge is -2.35. The summed E-state index contributed by atoms with van der Waals surface area (Å²) in [5, 5.41) is 29.5. The molecular formula is C17H15N3O6S. The first kappa shape index (κ1) is 18.5. The average Bonchev–Trinajstić information content (AvgIpc) is 2.66. The predicted octanol–water partition coefficient (Wildman–Crippen LogP) is 1.60. The Morgan fingerprint density at radius 2 is 2.11 bits per heavy atom. The van der Waals surface area contributed by atoms with Crippen LogP contribution in [0.25, 0.3) is 0 Å². The van der Waals surface area contributed by atoms with E-state index in [1.54, 1.807) is 0 Å². The van der Waals surface area contributed by atoms with E-state index < -0.39 is 28.8 Å². The number of nitrogens with one attached hydrogen (secondary N) is 1. The minimum Gasteiger partial charge on any atom is -0.484 e. The molecule has 0 aliphatic carbocycles. The minimum absolute atomic E-state index is 0.0947. The molecule has 0 saturated carbocycles. The van der Waals surface area contributed by atoms with Crippen LogP contribution in [-0.2, 0) is 10.0 Å². The largest absolute Gasteiger partial charge is 0.484 e. The van der Waals surface area contributed by atoms with Crippen molar-refractivity contribution >= 4 is 27.5 Å². The molecule has 0 aromatic heterocycles. The Kier molecular flexibility index (Phi) is 4.89. The molecule has 0 spiro atoms. The van der Waals surface area contributed by atoms with Gasteiger partial charge in [-0.05, 0) is 36.4 Å². The van der Waals surface area contributed by atoms with Gasteiger partial charge in [-0.3, -0.25) is 9.62 Å². The Morgan fingerprint density at radius 3 is 2.78 bits per heavy atom. The normalized spacial score (nSPS) is 16.0. The number of nitrogens with zero attached hydrogens (tertiary/aromatic N) is 2. The fourth-order valence-corrected chi connectivity index (χ4v) is 4.23. The van der Waals surface area contributed by atoms with Crippen LogP contribution in [0.4, 0.5) is 16.2 Å². The zero-order valence-electron chi connectivity index (χ0n) is 13.9. The second-order valence-electron chi connectivity index (χ2n) is 5.71. The van der Waals surface area contributed by atoms with E-state index in [-0.39, 0.29) is 34.1 Å². The number of carbonyl (C=O) groups is 1. The first-order valence-electron chi connectivity index (χ1n) is 7.79. The van der Waals surface area contributed by atoms with Crippen molar-refractivity contribution in [2.75, 3.05) is 22.8 Å². The number of aliphatic hydroxyl groups is 1. The summed E-state index contributed by atoms with van der Waals surface area (Å²) in [4.78, 5) is 10.8. The van der Waals surface area contributed by atoms with Crippen molar-refractivity contribution < 1.29 is 28.2 Å².